The molecule has 164 valence electrons. The zero-order valence-electron chi connectivity index (χ0n) is 20.0. The first-order chi connectivity index (χ1) is 13.7. The molecular formula is C28H46O. The van der Waals surface area contributed by atoms with Gasteiger partial charge in [0.15, 0.2) is 0 Å². The Morgan fingerprint density at radius 1 is 0.931 bits per heavy atom. The number of aliphatic hydroxyl groups is 1. The van der Waals surface area contributed by atoms with Crippen molar-refractivity contribution < 1.29 is 5.11 Å². The Hall–Kier alpha value is -0.560. The van der Waals surface area contributed by atoms with Crippen LogP contribution in [0.15, 0.2) is 23.8 Å². The van der Waals surface area contributed by atoms with Crippen LogP contribution in [0.1, 0.15) is 92.9 Å². The predicted molar refractivity (Wildman–Crippen MR) is 124 cm³/mol. The fourth-order valence-electron chi connectivity index (χ4n) is 8.10. The lowest BCUT2D eigenvalue weighted by atomic mass is 9.47. The average Bonchev–Trinajstić information content (AvgIpc) is 3.03. The molecule has 1 nitrogen and oxygen atoms in total. The summed E-state index contributed by atoms with van der Waals surface area (Å²) in [6, 6.07) is 0. The lowest BCUT2D eigenvalue weighted by Gasteiger charge is -2.57. The summed E-state index contributed by atoms with van der Waals surface area (Å²) in [5.41, 5.74) is 2.79. The topological polar surface area (TPSA) is 20.2 Å². The minimum atomic E-state index is -0.0476. The fourth-order valence-corrected chi connectivity index (χ4v) is 8.10. The number of allylic oxidation sites excluding steroid dienone is 4. The van der Waals surface area contributed by atoms with E-state index < -0.39 is 0 Å². The molecule has 0 unspecified atom stereocenters. The maximum Gasteiger partial charge on any atom is 0.0543 e. The first kappa shape index (κ1) is 21.7. The van der Waals surface area contributed by atoms with E-state index in [1.165, 1.54) is 38.5 Å². The Labute approximate surface area is 180 Å². The highest BCUT2D eigenvalue weighted by Gasteiger charge is 2.57. The van der Waals surface area contributed by atoms with Gasteiger partial charge in [-0.25, -0.2) is 0 Å². The summed E-state index contributed by atoms with van der Waals surface area (Å²) >= 11 is 0. The van der Waals surface area contributed by atoms with Crippen LogP contribution in [0.5, 0.6) is 0 Å². The number of aliphatic hydroxyl groups excluding tert-OH is 1. The van der Waals surface area contributed by atoms with Gasteiger partial charge in [0.2, 0.25) is 0 Å². The van der Waals surface area contributed by atoms with Gasteiger partial charge in [-0.1, -0.05) is 65.3 Å². The van der Waals surface area contributed by atoms with Crippen molar-refractivity contribution in [2.24, 2.45) is 52.3 Å². The van der Waals surface area contributed by atoms with Gasteiger partial charge in [-0.15, -0.1) is 0 Å². The SMILES string of the molecule is CC(C)[C@@H](C)/C=C/[C@@H](C)[C@@H]1CC[C@H]2C3=CC[C@@H]4C[C@H](O)CC[C@@]4(C)[C@H]3CC[C@]21C. The minimum absolute atomic E-state index is 0.0476. The molecule has 4 aliphatic carbocycles. The van der Waals surface area contributed by atoms with E-state index in [2.05, 4.69) is 59.8 Å². The van der Waals surface area contributed by atoms with Crippen molar-refractivity contribution in [1.82, 2.24) is 0 Å². The largest absolute Gasteiger partial charge is 0.393 e. The summed E-state index contributed by atoms with van der Waals surface area (Å²) in [7, 11) is 0. The van der Waals surface area contributed by atoms with E-state index in [4.69, 9.17) is 0 Å². The molecule has 0 aromatic carbocycles. The number of hydrogen-bond donors (Lipinski definition) is 1. The Morgan fingerprint density at radius 2 is 1.62 bits per heavy atom. The first-order valence-electron chi connectivity index (χ1n) is 12.7. The molecule has 0 amide bonds. The second-order valence-corrected chi connectivity index (χ2v) is 12.3. The van der Waals surface area contributed by atoms with Gasteiger partial charge in [-0.3, -0.25) is 0 Å². The van der Waals surface area contributed by atoms with E-state index in [9.17, 15) is 5.11 Å². The molecular weight excluding hydrogens is 352 g/mol. The van der Waals surface area contributed by atoms with E-state index >= 15 is 0 Å². The lowest BCUT2D eigenvalue weighted by Crippen LogP contribution is -2.49. The Morgan fingerprint density at radius 3 is 2.34 bits per heavy atom. The monoisotopic (exact) mass is 398 g/mol. The molecule has 1 N–H and O–H groups in total. The molecule has 3 fully saturated rings. The highest BCUT2D eigenvalue weighted by Crippen LogP contribution is 2.66. The van der Waals surface area contributed by atoms with Gasteiger partial charge in [0.05, 0.1) is 6.10 Å². The van der Waals surface area contributed by atoms with Gasteiger partial charge in [-0.05, 0) is 104 Å². The predicted octanol–water partition coefficient (Wildman–Crippen LogP) is 7.41. The molecule has 1 heteroatoms. The van der Waals surface area contributed by atoms with Gasteiger partial charge < -0.3 is 5.11 Å². The zero-order chi connectivity index (χ0) is 21.0. The van der Waals surface area contributed by atoms with Gasteiger partial charge in [0.25, 0.3) is 0 Å². The Bertz CT molecular complexity index is 659. The van der Waals surface area contributed by atoms with Crippen molar-refractivity contribution in [1.29, 1.82) is 0 Å². The van der Waals surface area contributed by atoms with E-state index in [0.717, 1.165) is 36.5 Å². The molecule has 3 saturated carbocycles. The van der Waals surface area contributed by atoms with Crippen molar-refractivity contribution in [3.05, 3.63) is 23.8 Å². The summed E-state index contributed by atoms with van der Waals surface area (Å²) in [5, 5.41) is 10.2. The van der Waals surface area contributed by atoms with Gasteiger partial charge in [0.1, 0.15) is 0 Å². The van der Waals surface area contributed by atoms with Crippen molar-refractivity contribution in [3.8, 4) is 0 Å². The quantitative estimate of drug-likeness (QED) is 0.489. The number of hydrogen-bond acceptors (Lipinski definition) is 1. The third kappa shape index (κ3) is 3.58. The summed E-state index contributed by atoms with van der Waals surface area (Å²) in [6.07, 6.45) is 17.8. The van der Waals surface area contributed by atoms with Crippen molar-refractivity contribution in [2.75, 3.05) is 0 Å². The third-order valence-corrected chi connectivity index (χ3v) is 10.5. The molecule has 4 rings (SSSR count). The smallest absolute Gasteiger partial charge is 0.0543 e. The molecule has 29 heavy (non-hydrogen) atoms. The Kier molecular flexibility index (Phi) is 5.86. The molecule has 0 aromatic heterocycles. The van der Waals surface area contributed by atoms with E-state index in [-0.39, 0.29) is 6.10 Å². The van der Waals surface area contributed by atoms with Crippen LogP contribution in [0.2, 0.25) is 0 Å². The molecule has 0 radical (unpaired) electrons. The van der Waals surface area contributed by atoms with E-state index in [1.54, 1.807) is 0 Å². The van der Waals surface area contributed by atoms with Crippen molar-refractivity contribution in [2.45, 2.75) is 99.0 Å². The molecule has 0 bridgehead atoms. The van der Waals surface area contributed by atoms with Gasteiger partial charge in [-0.2, -0.15) is 0 Å². The highest BCUT2D eigenvalue weighted by molar-refractivity contribution is 5.28. The van der Waals surface area contributed by atoms with Gasteiger partial charge >= 0.3 is 0 Å². The van der Waals surface area contributed by atoms with Crippen LogP contribution < -0.4 is 0 Å². The zero-order valence-corrected chi connectivity index (χ0v) is 20.0. The number of fused-ring (bicyclic) bond motifs is 5. The van der Waals surface area contributed by atoms with Gasteiger partial charge in [0, 0.05) is 0 Å². The molecule has 0 saturated heterocycles. The lowest BCUT2D eigenvalue weighted by molar-refractivity contribution is -0.0414. The summed E-state index contributed by atoms with van der Waals surface area (Å²) in [5.74, 6) is 5.25. The number of rotatable bonds is 4. The van der Waals surface area contributed by atoms with Crippen LogP contribution in [0, 0.1) is 52.3 Å². The minimum Gasteiger partial charge on any atom is -0.393 e. The maximum absolute atomic E-state index is 10.2. The second-order valence-electron chi connectivity index (χ2n) is 12.3. The molecule has 0 heterocycles. The summed E-state index contributed by atoms with van der Waals surface area (Å²) in [4.78, 5) is 0. The van der Waals surface area contributed by atoms with E-state index in [1.807, 2.05) is 5.57 Å². The fraction of sp³-hybridized carbons (Fsp3) is 0.857. The molecule has 0 spiro atoms. The van der Waals surface area contributed by atoms with Crippen molar-refractivity contribution >= 4 is 0 Å². The molecule has 0 aromatic rings. The molecule has 9 atom stereocenters. The van der Waals surface area contributed by atoms with Crippen molar-refractivity contribution in [3.63, 3.8) is 0 Å². The normalized spacial score (nSPS) is 46.8. The highest BCUT2D eigenvalue weighted by atomic mass is 16.3. The molecule has 4 aliphatic rings. The Balaban J connectivity index is 1.54. The molecule has 0 aliphatic heterocycles. The van der Waals surface area contributed by atoms with E-state index in [0.29, 0.717) is 28.6 Å². The van der Waals surface area contributed by atoms with Crippen LogP contribution >= 0.6 is 0 Å². The third-order valence-electron chi connectivity index (χ3n) is 10.5. The standard InChI is InChI=1S/C28H46O/c1-18(2)19(3)7-8-20(4)24-11-12-25-23-10-9-21-17-22(29)13-15-27(21,5)26(23)14-16-28(24,25)6/h7-8,10,18-22,24-26,29H,9,11-17H2,1-6H3/b8-7+/t19-,20+,21+,22+,24-,25-,26-,27+,28-/m0/s1. The first-order valence-corrected chi connectivity index (χ1v) is 12.7. The second kappa shape index (κ2) is 7.85. The summed E-state index contributed by atoms with van der Waals surface area (Å²) < 4.78 is 0. The maximum atomic E-state index is 10.2. The average molecular weight is 399 g/mol. The van der Waals surface area contributed by atoms with Crippen LogP contribution in [0.25, 0.3) is 0 Å². The van der Waals surface area contributed by atoms with Crippen LogP contribution in [-0.4, -0.2) is 11.2 Å². The van der Waals surface area contributed by atoms with Crippen LogP contribution in [0.4, 0.5) is 0 Å². The van der Waals surface area contributed by atoms with Crippen LogP contribution in [0.3, 0.4) is 0 Å². The van der Waals surface area contributed by atoms with Crippen LogP contribution in [-0.2, 0) is 0 Å². The summed E-state index contributed by atoms with van der Waals surface area (Å²) in [6.45, 7) is 14.7.